The minimum absolute atomic E-state index is 0.104. The van der Waals surface area contributed by atoms with Gasteiger partial charge in [0.15, 0.2) is 5.78 Å². The Morgan fingerprint density at radius 1 is 1.21 bits per heavy atom. The highest BCUT2D eigenvalue weighted by Crippen LogP contribution is 2.33. The van der Waals surface area contributed by atoms with E-state index in [1.54, 1.807) is 12.1 Å². The molecule has 14 heavy (non-hydrogen) atoms. The summed E-state index contributed by atoms with van der Waals surface area (Å²) in [5, 5.41) is 11.4. The Bertz CT molecular complexity index is 555. The third kappa shape index (κ3) is 0.826. The molecule has 0 bridgehead atoms. The molecule has 2 heteroatoms. The average molecular weight is 184 g/mol. The van der Waals surface area contributed by atoms with Crippen LogP contribution in [0.25, 0.3) is 10.8 Å². The topological polar surface area (TPSA) is 37.3 Å². The van der Waals surface area contributed by atoms with Crippen molar-refractivity contribution in [1.29, 1.82) is 0 Å². The maximum atomic E-state index is 11.6. The molecule has 3 rings (SSSR count). The van der Waals surface area contributed by atoms with Crippen molar-refractivity contribution in [2.75, 3.05) is 0 Å². The molecule has 0 heterocycles. The van der Waals surface area contributed by atoms with Gasteiger partial charge in [-0.3, -0.25) is 4.79 Å². The zero-order valence-corrected chi connectivity index (χ0v) is 7.45. The van der Waals surface area contributed by atoms with Crippen LogP contribution < -0.4 is 0 Å². The number of benzene rings is 2. The van der Waals surface area contributed by atoms with Gasteiger partial charge in [0.25, 0.3) is 0 Å². The number of Topliss-reactive ketones (excluding diaryl/α,β-unsaturated/α-hetero) is 1. The fraction of sp³-hybridized carbons (Fsp3) is 0.0833. The van der Waals surface area contributed by atoms with Crippen molar-refractivity contribution in [3.05, 3.63) is 41.5 Å². The molecule has 0 unspecified atom stereocenters. The lowest BCUT2D eigenvalue weighted by molar-refractivity contribution is 0.0999. The number of carbonyl (C=O) groups excluding carboxylic acids is 1. The SMILES string of the molecule is O=C1Cc2cccc3cc(O)cc1c23. The molecule has 1 aliphatic rings. The van der Waals surface area contributed by atoms with Crippen LogP contribution in [0.2, 0.25) is 0 Å². The quantitative estimate of drug-likeness (QED) is 0.682. The van der Waals surface area contributed by atoms with Gasteiger partial charge < -0.3 is 5.11 Å². The molecule has 1 aliphatic carbocycles. The summed E-state index contributed by atoms with van der Waals surface area (Å²) < 4.78 is 0. The van der Waals surface area contributed by atoms with Crippen LogP contribution in [0.4, 0.5) is 0 Å². The van der Waals surface area contributed by atoms with E-state index in [1.807, 2.05) is 18.2 Å². The van der Waals surface area contributed by atoms with Gasteiger partial charge in [-0.25, -0.2) is 0 Å². The van der Waals surface area contributed by atoms with Crippen LogP contribution >= 0.6 is 0 Å². The Labute approximate surface area is 80.8 Å². The Hall–Kier alpha value is -1.83. The molecule has 0 amide bonds. The first-order valence-corrected chi connectivity index (χ1v) is 4.53. The maximum absolute atomic E-state index is 11.6. The molecule has 68 valence electrons. The summed E-state index contributed by atoms with van der Waals surface area (Å²) in [7, 11) is 0. The Morgan fingerprint density at radius 2 is 2.07 bits per heavy atom. The van der Waals surface area contributed by atoms with Crippen molar-refractivity contribution in [3.8, 4) is 5.75 Å². The van der Waals surface area contributed by atoms with Crippen LogP contribution in [0.15, 0.2) is 30.3 Å². The van der Waals surface area contributed by atoms with E-state index in [2.05, 4.69) is 0 Å². The molecule has 0 saturated carbocycles. The third-order valence-corrected chi connectivity index (χ3v) is 2.70. The second kappa shape index (κ2) is 2.35. The molecule has 2 nitrogen and oxygen atoms in total. The van der Waals surface area contributed by atoms with Gasteiger partial charge in [-0.05, 0) is 28.5 Å². The lowest BCUT2D eigenvalue weighted by Crippen LogP contribution is -1.93. The number of hydrogen-bond acceptors (Lipinski definition) is 2. The number of aromatic hydroxyl groups is 1. The van der Waals surface area contributed by atoms with Crippen molar-refractivity contribution in [2.24, 2.45) is 0 Å². The van der Waals surface area contributed by atoms with E-state index in [0.717, 1.165) is 16.3 Å². The largest absolute Gasteiger partial charge is 0.508 e. The summed E-state index contributed by atoms with van der Waals surface area (Å²) in [5.74, 6) is 0.270. The predicted molar refractivity (Wildman–Crippen MR) is 53.6 cm³/mol. The molecule has 0 aromatic heterocycles. The monoisotopic (exact) mass is 184 g/mol. The number of ketones is 1. The van der Waals surface area contributed by atoms with E-state index >= 15 is 0 Å². The smallest absolute Gasteiger partial charge is 0.168 e. The van der Waals surface area contributed by atoms with Crippen molar-refractivity contribution in [1.82, 2.24) is 0 Å². The fourth-order valence-corrected chi connectivity index (χ4v) is 2.13. The van der Waals surface area contributed by atoms with Crippen molar-refractivity contribution in [2.45, 2.75) is 6.42 Å². The van der Waals surface area contributed by atoms with Gasteiger partial charge in [-0.2, -0.15) is 0 Å². The highest BCUT2D eigenvalue weighted by Gasteiger charge is 2.21. The predicted octanol–water partition coefficient (Wildman–Crippen LogP) is 2.28. The van der Waals surface area contributed by atoms with Crippen LogP contribution in [0.5, 0.6) is 5.75 Å². The van der Waals surface area contributed by atoms with Crippen molar-refractivity contribution < 1.29 is 9.90 Å². The Kier molecular flexibility index (Phi) is 1.27. The molecule has 1 N–H and O–H groups in total. The van der Waals surface area contributed by atoms with Gasteiger partial charge in [-0.1, -0.05) is 18.2 Å². The molecular weight excluding hydrogens is 176 g/mol. The first kappa shape index (κ1) is 7.56. The molecule has 0 saturated heterocycles. The number of carbonyl (C=O) groups is 1. The zero-order chi connectivity index (χ0) is 9.71. The number of phenols is 1. The minimum atomic E-state index is 0.104. The van der Waals surface area contributed by atoms with Gasteiger partial charge in [-0.15, -0.1) is 0 Å². The van der Waals surface area contributed by atoms with E-state index < -0.39 is 0 Å². The van der Waals surface area contributed by atoms with E-state index in [1.165, 1.54) is 0 Å². The highest BCUT2D eigenvalue weighted by atomic mass is 16.3. The molecule has 0 atom stereocenters. The molecule has 0 aliphatic heterocycles. The second-order valence-corrected chi connectivity index (χ2v) is 3.61. The maximum Gasteiger partial charge on any atom is 0.168 e. The molecular formula is C12H8O2. The summed E-state index contributed by atoms with van der Waals surface area (Å²) in [5.41, 5.74) is 1.73. The first-order chi connectivity index (χ1) is 6.75. The van der Waals surface area contributed by atoms with Crippen LogP contribution in [0.3, 0.4) is 0 Å². The van der Waals surface area contributed by atoms with Crippen LogP contribution in [0, 0.1) is 0 Å². The Balaban J connectivity index is 2.56. The van der Waals surface area contributed by atoms with E-state index in [4.69, 9.17) is 0 Å². The highest BCUT2D eigenvalue weighted by molar-refractivity contribution is 6.16. The second-order valence-electron chi connectivity index (χ2n) is 3.61. The molecule has 2 aromatic carbocycles. The summed E-state index contributed by atoms with van der Waals surface area (Å²) in [6, 6.07) is 9.05. The van der Waals surface area contributed by atoms with Gasteiger partial charge >= 0.3 is 0 Å². The van der Waals surface area contributed by atoms with Crippen molar-refractivity contribution >= 4 is 16.6 Å². The lowest BCUT2D eigenvalue weighted by Gasteiger charge is -2.00. The van der Waals surface area contributed by atoms with E-state index in [9.17, 15) is 9.90 Å². The number of rotatable bonds is 0. The van der Waals surface area contributed by atoms with E-state index in [0.29, 0.717) is 12.0 Å². The normalized spacial score (nSPS) is 13.9. The summed E-state index contributed by atoms with van der Waals surface area (Å²) in [6.07, 6.45) is 0.468. The molecule has 0 radical (unpaired) electrons. The standard InChI is InChI=1S/C12H8O2/c13-9-4-7-2-1-3-8-5-11(14)10(6-9)12(7)8/h1-4,6,13H,5H2. The fourth-order valence-electron chi connectivity index (χ4n) is 2.13. The molecule has 0 fully saturated rings. The average Bonchev–Trinajstić information content (AvgIpc) is 2.45. The van der Waals surface area contributed by atoms with Crippen LogP contribution in [-0.2, 0) is 6.42 Å². The summed E-state index contributed by atoms with van der Waals surface area (Å²) >= 11 is 0. The lowest BCUT2D eigenvalue weighted by atomic mass is 10.0. The van der Waals surface area contributed by atoms with Gasteiger partial charge in [0.1, 0.15) is 5.75 Å². The molecule has 0 spiro atoms. The van der Waals surface area contributed by atoms with Crippen molar-refractivity contribution in [3.63, 3.8) is 0 Å². The third-order valence-electron chi connectivity index (χ3n) is 2.70. The minimum Gasteiger partial charge on any atom is -0.508 e. The summed E-state index contributed by atoms with van der Waals surface area (Å²) in [4.78, 5) is 11.6. The molecule has 2 aromatic rings. The van der Waals surface area contributed by atoms with Crippen LogP contribution in [0.1, 0.15) is 15.9 Å². The number of phenolic OH excluding ortho intramolecular Hbond substituents is 1. The number of hydrogen-bond donors (Lipinski definition) is 1. The van der Waals surface area contributed by atoms with Crippen LogP contribution in [-0.4, -0.2) is 10.9 Å². The first-order valence-electron chi connectivity index (χ1n) is 4.53. The summed E-state index contributed by atoms with van der Waals surface area (Å²) in [6.45, 7) is 0. The van der Waals surface area contributed by atoms with E-state index in [-0.39, 0.29) is 11.5 Å². The zero-order valence-electron chi connectivity index (χ0n) is 7.45. The van der Waals surface area contributed by atoms with Gasteiger partial charge in [0.2, 0.25) is 0 Å². The van der Waals surface area contributed by atoms with Gasteiger partial charge in [0, 0.05) is 12.0 Å². The van der Waals surface area contributed by atoms with Gasteiger partial charge in [0.05, 0.1) is 0 Å². The Morgan fingerprint density at radius 3 is 2.93 bits per heavy atom.